The van der Waals surface area contributed by atoms with Crippen LogP contribution in [0.3, 0.4) is 0 Å². The monoisotopic (exact) mass is 437 g/mol. The van der Waals surface area contributed by atoms with Crippen LogP contribution in [0.15, 0.2) is 71.6 Å². The van der Waals surface area contributed by atoms with Gasteiger partial charge in [-0.15, -0.1) is 0 Å². The molecular weight excluding hydrogens is 418 g/mol. The summed E-state index contributed by atoms with van der Waals surface area (Å²) in [6, 6.07) is 17.6. The number of aryl methyl sites for hydroxylation is 1. The fourth-order valence-electron chi connectivity index (χ4n) is 3.04. The quantitative estimate of drug-likeness (QED) is 0.566. The van der Waals surface area contributed by atoms with Crippen LogP contribution in [0, 0.1) is 6.92 Å². The molecule has 0 bridgehead atoms. The fourth-order valence-corrected chi connectivity index (χ4v) is 4.17. The second kappa shape index (κ2) is 8.11. The van der Waals surface area contributed by atoms with Gasteiger partial charge in [-0.1, -0.05) is 18.2 Å². The number of hydrogen-bond acceptors (Lipinski definition) is 5. The summed E-state index contributed by atoms with van der Waals surface area (Å²) in [6.07, 6.45) is 0. The molecule has 4 rings (SSSR count). The molecule has 0 atom stereocenters. The van der Waals surface area contributed by atoms with Crippen molar-refractivity contribution >= 4 is 38.9 Å². The van der Waals surface area contributed by atoms with Crippen LogP contribution in [-0.2, 0) is 14.8 Å². The Balaban J connectivity index is 1.48. The number of amides is 2. The summed E-state index contributed by atoms with van der Waals surface area (Å²) < 4.78 is 33.1. The molecule has 8 nitrogen and oxygen atoms in total. The minimum absolute atomic E-state index is 0.0425. The summed E-state index contributed by atoms with van der Waals surface area (Å²) in [7, 11) is -3.79. The molecule has 0 saturated carbocycles. The van der Waals surface area contributed by atoms with Crippen LogP contribution in [0.1, 0.15) is 15.9 Å². The molecule has 3 aromatic carbocycles. The average Bonchev–Trinajstić information content (AvgIpc) is 2.75. The molecule has 3 aromatic rings. The van der Waals surface area contributed by atoms with E-state index in [0.29, 0.717) is 22.8 Å². The maximum absolute atomic E-state index is 12.6. The first-order valence-corrected chi connectivity index (χ1v) is 10.9. The maximum atomic E-state index is 12.6. The lowest BCUT2D eigenvalue weighted by Crippen LogP contribution is -2.25. The van der Waals surface area contributed by atoms with E-state index < -0.39 is 15.9 Å². The van der Waals surface area contributed by atoms with Crippen molar-refractivity contribution in [1.82, 2.24) is 0 Å². The van der Waals surface area contributed by atoms with Crippen molar-refractivity contribution in [2.45, 2.75) is 11.8 Å². The number of fused-ring (bicyclic) bond motifs is 1. The zero-order chi connectivity index (χ0) is 22.0. The number of anilines is 3. The van der Waals surface area contributed by atoms with Crippen LogP contribution in [0.4, 0.5) is 17.1 Å². The van der Waals surface area contributed by atoms with Gasteiger partial charge in [0.25, 0.3) is 21.8 Å². The Morgan fingerprint density at radius 1 is 1.03 bits per heavy atom. The van der Waals surface area contributed by atoms with E-state index in [1.807, 2.05) is 19.1 Å². The molecule has 31 heavy (non-hydrogen) atoms. The third kappa shape index (κ3) is 4.51. The molecule has 1 aliphatic heterocycles. The Morgan fingerprint density at radius 2 is 1.77 bits per heavy atom. The third-order valence-corrected chi connectivity index (χ3v) is 6.07. The van der Waals surface area contributed by atoms with Crippen LogP contribution in [0.5, 0.6) is 5.75 Å². The summed E-state index contributed by atoms with van der Waals surface area (Å²) in [5.41, 5.74) is 2.51. The Hall–Kier alpha value is -3.85. The highest BCUT2D eigenvalue weighted by Crippen LogP contribution is 2.30. The summed E-state index contributed by atoms with van der Waals surface area (Å²) in [5, 5.41) is 5.39. The number of nitrogens with one attached hydrogen (secondary N) is 3. The summed E-state index contributed by atoms with van der Waals surface area (Å²) in [4.78, 5) is 24.0. The smallest absolute Gasteiger partial charge is 0.262 e. The molecule has 2 amide bonds. The molecule has 9 heteroatoms. The van der Waals surface area contributed by atoms with E-state index >= 15 is 0 Å². The lowest BCUT2D eigenvalue weighted by atomic mass is 10.2. The van der Waals surface area contributed by atoms with E-state index in [1.54, 1.807) is 30.3 Å². The van der Waals surface area contributed by atoms with Gasteiger partial charge in [0, 0.05) is 11.3 Å². The molecular formula is C22H19N3O5S. The van der Waals surface area contributed by atoms with Crippen molar-refractivity contribution in [1.29, 1.82) is 0 Å². The predicted molar refractivity (Wildman–Crippen MR) is 117 cm³/mol. The number of carbonyl (C=O) groups is 2. The molecule has 0 unspecified atom stereocenters. The highest BCUT2D eigenvalue weighted by molar-refractivity contribution is 7.92. The summed E-state index contributed by atoms with van der Waals surface area (Å²) >= 11 is 0. The second-order valence-corrected chi connectivity index (χ2v) is 8.63. The van der Waals surface area contributed by atoms with E-state index in [2.05, 4.69) is 15.4 Å². The van der Waals surface area contributed by atoms with Gasteiger partial charge in [-0.25, -0.2) is 8.42 Å². The van der Waals surface area contributed by atoms with Gasteiger partial charge in [-0.3, -0.25) is 14.3 Å². The van der Waals surface area contributed by atoms with Crippen LogP contribution in [0.2, 0.25) is 0 Å². The van der Waals surface area contributed by atoms with E-state index in [-0.39, 0.29) is 23.0 Å². The normalized spacial score (nSPS) is 12.9. The number of rotatable bonds is 5. The SMILES string of the molecule is Cc1ccccc1NS(=O)(=O)c1ccc(C(=O)Nc2ccc3c(c2)NC(=O)CO3)cc1. The number of para-hydroxylation sites is 1. The molecule has 1 aliphatic rings. The van der Waals surface area contributed by atoms with Crippen molar-refractivity contribution < 1.29 is 22.7 Å². The largest absolute Gasteiger partial charge is 0.482 e. The zero-order valence-electron chi connectivity index (χ0n) is 16.5. The molecule has 0 aromatic heterocycles. The third-order valence-electron chi connectivity index (χ3n) is 4.69. The van der Waals surface area contributed by atoms with Crippen LogP contribution in [0.25, 0.3) is 0 Å². The Morgan fingerprint density at radius 3 is 2.52 bits per heavy atom. The van der Waals surface area contributed by atoms with Gasteiger partial charge in [0.05, 0.1) is 16.3 Å². The van der Waals surface area contributed by atoms with E-state index in [9.17, 15) is 18.0 Å². The van der Waals surface area contributed by atoms with Crippen molar-refractivity contribution in [2.75, 3.05) is 22.0 Å². The standard InChI is InChI=1S/C22H19N3O5S/c1-14-4-2-3-5-18(14)25-31(28,29)17-9-6-15(7-10-17)22(27)23-16-8-11-20-19(12-16)24-21(26)13-30-20/h2-12,25H,13H2,1H3,(H,23,27)(H,24,26). The van der Waals surface area contributed by atoms with E-state index in [4.69, 9.17) is 4.74 Å². The molecule has 0 spiro atoms. The van der Waals surface area contributed by atoms with Gasteiger partial charge >= 0.3 is 0 Å². The average molecular weight is 437 g/mol. The highest BCUT2D eigenvalue weighted by Gasteiger charge is 2.18. The molecule has 0 saturated heterocycles. The first-order valence-electron chi connectivity index (χ1n) is 9.38. The number of sulfonamides is 1. The molecule has 0 fully saturated rings. The lowest BCUT2D eigenvalue weighted by Gasteiger charge is -2.18. The van der Waals surface area contributed by atoms with Crippen LogP contribution in [-0.4, -0.2) is 26.8 Å². The molecule has 158 valence electrons. The molecule has 3 N–H and O–H groups in total. The van der Waals surface area contributed by atoms with Gasteiger partial charge < -0.3 is 15.4 Å². The molecule has 1 heterocycles. The Kier molecular flexibility index (Phi) is 5.35. The predicted octanol–water partition coefficient (Wildman–Crippen LogP) is 3.38. The first-order chi connectivity index (χ1) is 14.8. The first kappa shape index (κ1) is 20.4. The molecule has 0 aliphatic carbocycles. The Bertz CT molecular complexity index is 1270. The second-order valence-electron chi connectivity index (χ2n) is 6.95. The van der Waals surface area contributed by atoms with Crippen LogP contribution < -0.4 is 20.1 Å². The van der Waals surface area contributed by atoms with Crippen molar-refractivity contribution in [3.05, 3.63) is 77.9 Å². The zero-order valence-corrected chi connectivity index (χ0v) is 17.3. The summed E-state index contributed by atoms with van der Waals surface area (Å²) in [6.45, 7) is 1.76. The van der Waals surface area contributed by atoms with Crippen molar-refractivity contribution in [3.63, 3.8) is 0 Å². The summed E-state index contributed by atoms with van der Waals surface area (Å²) in [5.74, 6) is -0.167. The van der Waals surface area contributed by atoms with E-state index in [0.717, 1.165) is 5.56 Å². The number of carbonyl (C=O) groups excluding carboxylic acids is 2. The lowest BCUT2D eigenvalue weighted by molar-refractivity contribution is -0.118. The molecule has 0 radical (unpaired) electrons. The number of ether oxygens (including phenoxy) is 1. The Labute approximate surface area is 179 Å². The van der Waals surface area contributed by atoms with Gasteiger partial charge in [0.2, 0.25) is 0 Å². The van der Waals surface area contributed by atoms with Gasteiger partial charge in [0.15, 0.2) is 6.61 Å². The van der Waals surface area contributed by atoms with E-state index in [1.165, 1.54) is 24.3 Å². The van der Waals surface area contributed by atoms with Gasteiger partial charge in [0.1, 0.15) is 5.75 Å². The topological polar surface area (TPSA) is 114 Å². The maximum Gasteiger partial charge on any atom is 0.262 e. The minimum Gasteiger partial charge on any atom is -0.482 e. The van der Waals surface area contributed by atoms with Gasteiger partial charge in [-0.05, 0) is 61.0 Å². The van der Waals surface area contributed by atoms with Crippen LogP contribution >= 0.6 is 0 Å². The minimum atomic E-state index is -3.79. The van der Waals surface area contributed by atoms with Crippen molar-refractivity contribution in [2.24, 2.45) is 0 Å². The fraction of sp³-hybridized carbons (Fsp3) is 0.0909. The number of hydrogen-bond donors (Lipinski definition) is 3. The highest BCUT2D eigenvalue weighted by atomic mass is 32.2. The van der Waals surface area contributed by atoms with Gasteiger partial charge in [-0.2, -0.15) is 0 Å². The number of benzene rings is 3. The van der Waals surface area contributed by atoms with Crippen molar-refractivity contribution in [3.8, 4) is 5.75 Å².